The van der Waals surface area contributed by atoms with E-state index in [4.69, 9.17) is 5.11 Å². The number of nitrogens with zero attached hydrogens (tertiary/aromatic N) is 1. The van der Waals surface area contributed by atoms with Crippen LogP contribution in [0.2, 0.25) is 0 Å². The van der Waals surface area contributed by atoms with Crippen LogP contribution in [0.4, 0.5) is 0 Å². The fourth-order valence-corrected chi connectivity index (χ4v) is 1.13. The van der Waals surface area contributed by atoms with E-state index in [0.29, 0.717) is 0 Å². The third-order valence-electron chi connectivity index (χ3n) is 1.89. The van der Waals surface area contributed by atoms with Crippen LogP contribution in [0.25, 0.3) is 0 Å². The van der Waals surface area contributed by atoms with Crippen molar-refractivity contribution < 1.29 is 19.5 Å². The summed E-state index contributed by atoms with van der Waals surface area (Å²) in [5, 5.41) is 11.0. The molecule has 16 heavy (non-hydrogen) atoms. The summed E-state index contributed by atoms with van der Waals surface area (Å²) in [5.41, 5.74) is -0.589. The van der Waals surface area contributed by atoms with Gasteiger partial charge in [-0.25, -0.2) is 0 Å². The summed E-state index contributed by atoms with van der Waals surface area (Å²) in [7, 11) is 0. The van der Waals surface area contributed by atoms with Crippen LogP contribution in [0.3, 0.4) is 0 Å². The molecular weight excluding hydrogens is 212 g/mol. The van der Waals surface area contributed by atoms with Crippen LogP contribution in [0.1, 0.15) is 27.7 Å². The SMILES string of the molecule is CC(=O)NCC(=O)N(CC(=O)O)C(C)(C)C. The van der Waals surface area contributed by atoms with Crippen molar-refractivity contribution in [3.8, 4) is 0 Å². The van der Waals surface area contributed by atoms with Crippen molar-refractivity contribution in [2.24, 2.45) is 0 Å². The molecule has 0 aliphatic rings. The number of hydrogen-bond donors (Lipinski definition) is 2. The van der Waals surface area contributed by atoms with E-state index in [1.54, 1.807) is 20.8 Å². The maximum atomic E-state index is 11.7. The molecule has 0 radical (unpaired) electrons. The molecule has 6 nitrogen and oxygen atoms in total. The fraction of sp³-hybridized carbons (Fsp3) is 0.700. The molecule has 6 heteroatoms. The lowest BCUT2D eigenvalue weighted by molar-refractivity contribution is -0.148. The van der Waals surface area contributed by atoms with Gasteiger partial charge in [0.1, 0.15) is 6.54 Å². The van der Waals surface area contributed by atoms with E-state index in [1.807, 2.05) is 0 Å². The monoisotopic (exact) mass is 230 g/mol. The van der Waals surface area contributed by atoms with E-state index in [9.17, 15) is 14.4 Å². The Hall–Kier alpha value is -1.59. The van der Waals surface area contributed by atoms with Gasteiger partial charge in [0.15, 0.2) is 0 Å². The predicted octanol–water partition coefficient (Wildman–Crippen LogP) is -0.166. The zero-order chi connectivity index (χ0) is 12.9. The van der Waals surface area contributed by atoms with Crippen molar-refractivity contribution in [3.05, 3.63) is 0 Å². The highest BCUT2D eigenvalue weighted by Gasteiger charge is 2.27. The zero-order valence-electron chi connectivity index (χ0n) is 10.0. The molecule has 0 saturated heterocycles. The molecule has 0 saturated carbocycles. The average molecular weight is 230 g/mol. The van der Waals surface area contributed by atoms with Crippen molar-refractivity contribution in [3.63, 3.8) is 0 Å². The largest absolute Gasteiger partial charge is 0.480 e. The van der Waals surface area contributed by atoms with Crippen molar-refractivity contribution in [1.82, 2.24) is 10.2 Å². The van der Waals surface area contributed by atoms with Gasteiger partial charge in [-0.15, -0.1) is 0 Å². The maximum absolute atomic E-state index is 11.7. The smallest absolute Gasteiger partial charge is 0.323 e. The van der Waals surface area contributed by atoms with Gasteiger partial charge in [-0.1, -0.05) is 0 Å². The van der Waals surface area contributed by atoms with Crippen LogP contribution in [0, 0.1) is 0 Å². The first-order chi connectivity index (χ1) is 7.14. The van der Waals surface area contributed by atoms with Gasteiger partial charge in [0, 0.05) is 12.5 Å². The van der Waals surface area contributed by atoms with Gasteiger partial charge in [-0.3, -0.25) is 14.4 Å². The number of rotatable bonds is 4. The van der Waals surface area contributed by atoms with Crippen molar-refractivity contribution in [1.29, 1.82) is 0 Å². The van der Waals surface area contributed by atoms with Crippen LogP contribution in [-0.4, -0.2) is 46.4 Å². The van der Waals surface area contributed by atoms with Gasteiger partial charge in [0.05, 0.1) is 6.54 Å². The molecular formula is C10H18N2O4. The quantitative estimate of drug-likeness (QED) is 0.702. The number of carbonyl (C=O) groups excluding carboxylic acids is 2. The van der Waals surface area contributed by atoms with E-state index < -0.39 is 17.4 Å². The highest BCUT2D eigenvalue weighted by Crippen LogP contribution is 2.12. The van der Waals surface area contributed by atoms with E-state index in [0.717, 1.165) is 0 Å². The molecule has 0 aromatic rings. The Labute approximate surface area is 94.6 Å². The molecule has 0 aromatic carbocycles. The minimum atomic E-state index is -1.08. The Balaban J connectivity index is 4.57. The lowest BCUT2D eigenvalue weighted by Crippen LogP contribution is -2.51. The Morgan fingerprint density at radius 2 is 1.75 bits per heavy atom. The second-order valence-electron chi connectivity index (χ2n) is 4.45. The van der Waals surface area contributed by atoms with E-state index in [-0.39, 0.29) is 19.0 Å². The molecule has 0 atom stereocenters. The number of aliphatic carboxylic acids is 1. The molecule has 0 aromatic heterocycles. The number of carbonyl (C=O) groups is 3. The maximum Gasteiger partial charge on any atom is 0.323 e. The predicted molar refractivity (Wildman–Crippen MR) is 57.8 cm³/mol. The summed E-state index contributed by atoms with van der Waals surface area (Å²) < 4.78 is 0. The topological polar surface area (TPSA) is 86.7 Å². The zero-order valence-corrected chi connectivity index (χ0v) is 10.0. The lowest BCUT2D eigenvalue weighted by Gasteiger charge is -2.34. The molecule has 0 spiro atoms. The molecule has 0 bridgehead atoms. The first-order valence-corrected chi connectivity index (χ1v) is 4.91. The molecule has 92 valence electrons. The first kappa shape index (κ1) is 14.4. The molecule has 2 N–H and O–H groups in total. The molecule has 0 aliphatic carbocycles. The molecule has 0 fully saturated rings. The fourth-order valence-electron chi connectivity index (χ4n) is 1.13. The molecule has 0 aliphatic heterocycles. The summed E-state index contributed by atoms with van der Waals surface area (Å²) in [6.07, 6.45) is 0. The van der Waals surface area contributed by atoms with Crippen LogP contribution in [0.15, 0.2) is 0 Å². The Bertz CT molecular complexity index is 294. The lowest BCUT2D eigenvalue weighted by atomic mass is 10.1. The third kappa shape index (κ3) is 5.33. The van der Waals surface area contributed by atoms with Crippen LogP contribution in [0.5, 0.6) is 0 Å². The van der Waals surface area contributed by atoms with Gasteiger partial charge >= 0.3 is 5.97 Å². The third-order valence-corrected chi connectivity index (χ3v) is 1.89. The first-order valence-electron chi connectivity index (χ1n) is 4.91. The van der Waals surface area contributed by atoms with Gasteiger partial charge in [0.2, 0.25) is 11.8 Å². The molecule has 0 rings (SSSR count). The second-order valence-corrected chi connectivity index (χ2v) is 4.45. The number of carboxylic acid groups (broad SMARTS) is 1. The number of amides is 2. The number of carboxylic acids is 1. The van der Waals surface area contributed by atoms with Crippen LogP contribution in [-0.2, 0) is 14.4 Å². The van der Waals surface area contributed by atoms with Crippen LogP contribution < -0.4 is 5.32 Å². The normalized spacial score (nSPS) is 10.8. The molecule has 0 heterocycles. The van der Waals surface area contributed by atoms with Crippen molar-refractivity contribution >= 4 is 17.8 Å². The minimum absolute atomic E-state index is 0.181. The summed E-state index contributed by atoms with van der Waals surface area (Å²) >= 11 is 0. The second kappa shape index (κ2) is 5.48. The van der Waals surface area contributed by atoms with E-state index >= 15 is 0 Å². The van der Waals surface area contributed by atoms with Crippen LogP contribution >= 0.6 is 0 Å². The van der Waals surface area contributed by atoms with Crippen molar-refractivity contribution in [2.45, 2.75) is 33.2 Å². The van der Waals surface area contributed by atoms with Gasteiger partial charge in [0.25, 0.3) is 0 Å². The van der Waals surface area contributed by atoms with Gasteiger partial charge in [-0.05, 0) is 20.8 Å². The highest BCUT2D eigenvalue weighted by atomic mass is 16.4. The number of nitrogens with one attached hydrogen (secondary N) is 1. The Kier molecular flexibility index (Phi) is 4.94. The van der Waals surface area contributed by atoms with Crippen molar-refractivity contribution in [2.75, 3.05) is 13.1 Å². The molecule has 0 unspecified atom stereocenters. The minimum Gasteiger partial charge on any atom is -0.480 e. The Morgan fingerprint density at radius 3 is 2.06 bits per heavy atom. The average Bonchev–Trinajstić information content (AvgIpc) is 2.08. The number of hydrogen-bond acceptors (Lipinski definition) is 3. The van der Waals surface area contributed by atoms with E-state index in [1.165, 1.54) is 11.8 Å². The summed E-state index contributed by atoms with van der Waals surface area (Å²) in [6.45, 7) is 5.96. The highest BCUT2D eigenvalue weighted by molar-refractivity contribution is 5.86. The van der Waals surface area contributed by atoms with Gasteiger partial charge < -0.3 is 15.3 Å². The molecule has 2 amide bonds. The Morgan fingerprint density at radius 1 is 1.25 bits per heavy atom. The standard InChI is InChI=1S/C10H18N2O4/c1-7(13)11-5-8(14)12(6-9(15)16)10(2,3)4/h5-6H2,1-4H3,(H,11,13)(H,15,16). The van der Waals surface area contributed by atoms with Gasteiger partial charge in [-0.2, -0.15) is 0 Å². The summed E-state index contributed by atoms with van der Waals surface area (Å²) in [6, 6.07) is 0. The summed E-state index contributed by atoms with van der Waals surface area (Å²) in [5.74, 6) is -1.81. The van der Waals surface area contributed by atoms with E-state index in [2.05, 4.69) is 5.32 Å². The summed E-state index contributed by atoms with van der Waals surface area (Å²) in [4.78, 5) is 34.2.